The highest BCUT2D eigenvalue weighted by Gasteiger charge is 2.14. The summed E-state index contributed by atoms with van der Waals surface area (Å²) in [6.45, 7) is 0. The van der Waals surface area contributed by atoms with Crippen molar-refractivity contribution in [3.05, 3.63) is 10.4 Å². The maximum Gasteiger partial charge on any atom is 0.155 e. The van der Waals surface area contributed by atoms with Gasteiger partial charge in [-0.1, -0.05) is 25.7 Å². The first-order valence-electron chi connectivity index (χ1n) is 5.50. The van der Waals surface area contributed by atoms with Gasteiger partial charge in [-0.05, 0) is 12.8 Å². The molecular weight excluding hydrogens is 206 g/mol. The highest BCUT2D eigenvalue weighted by molar-refractivity contribution is 7.10. The molecule has 1 saturated carbocycles. The van der Waals surface area contributed by atoms with Crippen molar-refractivity contribution in [2.75, 3.05) is 5.32 Å². The lowest BCUT2D eigenvalue weighted by Gasteiger charge is -2.15. The fraction of sp³-hybridized carbons (Fsp3) is 0.636. The Hall–Kier alpha value is -1.08. The highest BCUT2D eigenvalue weighted by atomic mass is 32.1. The van der Waals surface area contributed by atoms with E-state index in [2.05, 4.69) is 16.4 Å². The van der Waals surface area contributed by atoms with E-state index in [1.807, 2.05) is 0 Å². The van der Waals surface area contributed by atoms with Gasteiger partial charge in [0.15, 0.2) is 5.82 Å². The topological polar surface area (TPSA) is 48.7 Å². The molecule has 0 amide bonds. The number of rotatable bonds is 2. The minimum atomic E-state index is 0.515. The van der Waals surface area contributed by atoms with Crippen molar-refractivity contribution in [3.63, 3.8) is 0 Å². The largest absolute Gasteiger partial charge is 0.366 e. The van der Waals surface area contributed by atoms with Gasteiger partial charge in [-0.15, -0.1) is 11.3 Å². The van der Waals surface area contributed by atoms with Crippen LogP contribution in [-0.2, 0) is 0 Å². The van der Waals surface area contributed by atoms with E-state index in [9.17, 15) is 0 Å². The van der Waals surface area contributed by atoms with E-state index in [1.54, 1.807) is 5.51 Å². The summed E-state index contributed by atoms with van der Waals surface area (Å²) in [4.78, 5) is 4.90. The standard InChI is InChI=1S/C11H15N3S/c12-7-10-11(13-8-15-10)14-9-5-3-1-2-4-6-9/h8-9,14H,1-6H2. The molecule has 0 aliphatic heterocycles. The van der Waals surface area contributed by atoms with Crippen LogP contribution in [0.5, 0.6) is 0 Å². The summed E-state index contributed by atoms with van der Waals surface area (Å²) in [6, 6.07) is 2.69. The third-order valence-corrected chi connectivity index (χ3v) is 3.60. The number of thiazole rings is 1. The molecule has 3 nitrogen and oxygen atoms in total. The lowest BCUT2D eigenvalue weighted by Crippen LogP contribution is -2.18. The molecule has 4 heteroatoms. The van der Waals surface area contributed by atoms with Crippen molar-refractivity contribution in [1.82, 2.24) is 4.98 Å². The smallest absolute Gasteiger partial charge is 0.155 e. The molecule has 1 aromatic rings. The molecule has 1 N–H and O–H groups in total. The SMILES string of the molecule is N#Cc1scnc1NC1CCCCCC1. The lowest BCUT2D eigenvalue weighted by molar-refractivity contribution is 0.618. The zero-order chi connectivity index (χ0) is 10.5. The van der Waals surface area contributed by atoms with Crippen LogP contribution in [0.4, 0.5) is 5.82 Å². The maximum atomic E-state index is 8.87. The third kappa shape index (κ3) is 2.69. The number of aromatic nitrogens is 1. The van der Waals surface area contributed by atoms with Gasteiger partial charge in [0, 0.05) is 6.04 Å². The average molecular weight is 221 g/mol. The van der Waals surface area contributed by atoms with Crippen LogP contribution in [-0.4, -0.2) is 11.0 Å². The van der Waals surface area contributed by atoms with Crippen molar-refractivity contribution in [2.45, 2.75) is 44.6 Å². The summed E-state index contributed by atoms with van der Waals surface area (Å²) in [7, 11) is 0. The Morgan fingerprint density at radius 3 is 2.73 bits per heavy atom. The third-order valence-electron chi connectivity index (χ3n) is 2.86. The Labute approximate surface area is 94.1 Å². The first-order chi connectivity index (χ1) is 7.40. The lowest BCUT2D eigenvalue weighted by atomic mass is 10.1. The summed E-state index contributed by atoms with van der Waals surface area (Å²) < 4.78 is 0. The Morgan fingerprint density at radius 1 is 1.33 bits per heavy atom. The molecule has 1 aromatic heterocycles. The van der Waals surface area contributed by atoms with Crippen molar-refractivity contribution in [2.24, 2.45) is 0 Å². The van der Waals surface area contributed by atoms with Crippen molar-refractivity contribution in [3.8, 4) is 6.07 Å². The number of hydrogen-bond acceptors (Lipinski definition) is 4. The van der Waals surface area contributed by atoms with Gasteiger partial charge in [0.25, 0.3) is 0 Å². The van der Waals surface area contributed by atoms with Crippen molar-refractivity contribution >= 4 is 17.2 Å². The van der Waals surface area contributed by atoms with E-state index in [1.165, 1.54) is 49.9 Å². The second kappa shape index (κ2) is 5.13. The van der Waals surface area contributed by atoms with Crippen LogP contribution in [0.25, 0.3) is 0 Å². The highest BCUT2D eigenvalue weighted by Crippen LogP contribution is 2.23. The van der Waals surface area contributed by atoms with E-state index >= 15 is 0 Å². The fourth-order valence-corrected chi connectivity index (χ4v) is 2.58. The zero-order valence-corrected chi connectivity index (χ0v) is 9.52. The average Bonchev–Trinajstić information content (AvgIpc) is 2.53. The molecule has 1 heterocycles. The number of nitriles is 1. The molecule has 1 aliphatic carbocycles. The van der Waals surface area contributed by atoms with Gasteiger partial charge in [-0.2, -0.15) is 5.26 Å². The van der Waals surface area contributed by atoms with Gasteiger partial charge >= 0.3 is 0 Å². The van der Waals surface area contributed by atoms with Crippen LogP contribution in [0.1, 0.15) is 43.4 Å². The Balaban J connectivity index is 1.98. The zero-order valence-electron chi connectivity index (χ0n) is 8.70. The molecular formula is C11H15N3S. The molecule has 0 atom stereocenters. The predicted octanol–water partition coefficient (Wildman–Crippen LogP) is 3.15. The van der Waals surface area contributed by atoms with Crippen LogP contribution in [0.3, 0.4) is 0 Å². The van der Waals surface area contributed by atoms with Crippen LogP contribution < -0.4 is 5.32 Å². The van der Waals surface area contributed by atoms with Crippen LogP contribution in [0.2, 0.25) is 0 Å². The monoisotopic (exact) mass is 221 g/mol. The summed E-state index contributed by atoms with van der Waals surface area (Å²) in [5, 5.41) is 12.3. The van der Waals surface area contributed by atoms with E-state index in [0.717, 1.165) is 5.82 Å². The van der Waals surface area contributed by atoms with Gasteiger partial charge in [0.1, 0.15) is 10.9 Å². The summed E-state index contributed by atoms with van der Waals surface area (Å²) >= 11 is 1.41. The molecule has 80 valence electrons. The van der Waals surface area contributed by atoms with Crippen LogP contribution >= 0.6 is 11.3 Å². The van der Waals surface area contributed by atoms with Gasteiger partial charge in [0.2, 0.25) is 0 Å². The van der Waals surface area contributed by atoms with E-state index in [0.29, 0.717) is 10.9 Å². The van der Waals surface area contributed by atoms with Crippen LogP contribution in [0.15, 0.2) is 5.51 Å². The molecule has 0 radical (unpaired) electrons. The molecule has 1 fully saturated rings. The molecule has 0 unspecified atom stereocenters. The fourth-order valence-electron chi connectivity index (χ4n) is 2.05. The Morgan fingerprint density at radius 2 is 2.07 bits per heavy atom. The summed E-state index contributed by atoms with van der Waals surface area (Å²) in [5.41, 5.74) is 1.73. The predicted molar refractivity (Wildman–Crippen MR) is 61.9 cm³/mol. The quantitative estimate of drug-likeness (QED) is 0.780. The second-order valence-corrected chi connectivity index (χ2v) is 4.83. The molecule has 1 aliphatic rings. The first-order valence-corrected chi connectivity index (χ1v) is 6.38. The van der Waals surface area contributed by atoms with E-state index in [-0.39, 0.29) is 0 Å². The Bertz CT molecular complexity index is 345. The van der Waals surface area contributed by atoms with Crippen molar-refractivity contribution in [1.29, 1.82) is 5.26 Å². The molecule has 15 heavy (non-hydrogen) atoms. The van der Waals surface area contributed by atoms with Gasteiger partial charge < -0.3 is 5.32 Å². The molecule has 0 aromatic carbocycles. The van der Waals surface area contributed by atoms with Gasteiger partial charge in [-0.25, -0.2) is 4.98 Å². The second-order valence-electron chi connectivity index (χ2n) is 3.97. The Kier molecular flexibility index (Phi) is 3.57. The van der Waals surface area contributed by atoms with Gasteiger partial charge in [0.05, 0.1) is 5.51 Å². The van der Waals surface area contributed by atoms with E-state index < -0.39 is 0 Å². The summed E-state index contributed by atoms with van der Waals surface area (Å²) in [6.07, 6.45) is 7.71. The van der Waals surface area contributed by atoms with E-state index in [4.69, 9.17) is 5.26 Å². The first kappa shape index (κ1) is 10.4. The number of nitrogens with zero attached hydrogens (tertiary/aromatic N) is 2. The van der Waals surface area contributed by atoms with Crippen molar-refractivity contribution < 1.29 is 0 Å². The minimum Gasteiger partial charge on any atom is -0.366 e. The summed E-state index contributed by atoms with van der Waals surface area (Å²) in [5.74, 6) is 0.786. The van der Waals surface area contributed by atoms with Crippen LogP contribution in [0, 0.1) is 11.3 Å². The maximum absolute atomic E-state index is 8.87. The van der Waals surface area contributed by atoms with Gasteiger partial charge in [-0.3, -0.25) is 0 Å². The molecule has 2 rings (SSSR count). The number of hydrogen-bond donors (Lipinski definition) is 1. The number of nitrogens with one attached hydrogen (secondary N) is 1. The molecule has 0 spiro atoms. The minimum absolute atomic E-state index is 0.515. The normalized spacial score (nSPS) is 18.1. The molecule has 0 bridgehead atoms. The molecule has 0 saturated heterocycles. The number of anilines is 1.